The first-order valence-electron chi connectivity index (χ1n) is 11.8. The zero-order valence-electron chi connectivity index (χ0n) is 21.1. The summed E-state index contributed by atoms with van der Waals surface area (Å²) < 4.78 is 41.9. The van der Waals surface area contributed by atoms with Gasteiger partial charge >= 0.3 is 0 Å². The number of hydrogen-bond acceptors (Lipinski definition) is 4. The molecule has 0 radical (unpaired) electrons. The maximum Gasteiger partial charge on any atom is 0.264 e. The summed E-state index contributed by atoms with van der Waals surface area (Å²) in [5.41, 5.74) is 1.56. The Bertz CT molecular complexity index is 1400. The first-order chi connectivity index (χ1) is 17.9. The van der Waals surface area contributed by atoms with Crippen LogP contribution < -0.4 is 9.62 Å². The van der Waals surface area contributed by atoms with Crippen molar-refractivity contribution in [1.29, 1.82) is 0 Å². The van der Waals surface area contributed by atoms with E-state index in [0.717, 1.165) is 9.87 Å². The van der Waals surface area contributed by atoms with Crippen LogP contribution in [0.2, 0.25) is 10.0 Å². The number of hydrogen-bond donors (Lipinski definition) is 1. The number of aryl methyl sites for hydroxylation is 1. The van der Waals surface area contributed by atoms with Gasteiger partial charge in [0.2, 0.25) is 11.8 Å². The fourth-order valence-electron chi connectivity index (χ4n) is 3.70. The number of nitrogens with zero attached hydrogens (tertiary/aromatic N) is 2. The third-order valence-electron chi connectivity index (χ3n) is 5.86. The Morgan fingerprint density at radius 2 is 1.61 bits per heavy atom. The maximum absolute atomic E-state index is 13.8. The average Bonchev–Trinajstić information content (AvgIpc) is 2.88. The van der Waals surface area contributed by atoms with E-state index in [-0.39, 0.29) is 27.2 Å². The number of sulfonamides is 1. The standard InChI is InChI=1S/C27H28Cl2FN3O4S/c1-4-31-27(35)19(3)32(16-20-7-9-21(30)10-8-20)26(34)17-33(22-11-14-24(28)25(29)15-22)38(36,37)23-12-5-18(2)6-13-23/h5-15,19H,4,16-17H2,1-3H3,(H,31,35)/t19-/m0/s1. The minimum absolute atomic E-state index is 0.0242. The molecule has 3 rings (SSSR count). The van der Waals surface area contributed by atoms with E-state index >= 15 is 0 Å². The molecule has 3 aromatic rings. The zero-order chi connectivity index (χ0) is 28.0. The van der Waals surface area contributed by atoms with E-state index in [4.69, 9.17) is 23.2 Å². The highest BCUT2D eigenvalue weighted by atomic mass is 35.5. The molecule has 202 valence electrons. The summed E-state index contributed by atoms with van der Waals surface area (Å²) in [4.78, 5) is 27.7. The molecule has 0 spiro atoms. The number of amides is 2. The third kappa shape index (κ3) is 7.03. The summed E-state index contributed by atoms with van der Waals surface area (Å²) in [5, 5.41) is 3.01. The molecule has 7 nitrogen and oxygen atoms in total. The Morgan fingerprint density at radius 3 is 2.18 bits per heavy atom. The summed E-state index contributed by atoms with van der Waals surface area (Å²) in [7, 11) is -4.23. The Labute approximate surface area is 232 Å². The van der Waals surface area contributed by atoms with Crippen molar-refractivity contribution in [2.45, 2.75) is 38.3 Å². The van der Waals surface area contributed by atoms with Crippen LogP contribution in [0.25, 0.3) is 0 Å². The minimum Gasteiger partial charge on any atom is -0.355 e. The lowest BCUT2D eigenvalue weighted by Gasteiger charge is -2.32. The molecule has 1 N–H and O–H groups in total. The van der Waals surface area contributed by atoms with E-state index in [2.05, 4.69) is 5.32 Å². The highest BCUT2D eigenvalue weighted by Gasteiger charge is 2.32. The Kier molecular flexibility index (Phi) is 9.76. The molecular weight excluding hydrogens is 552 g/mol. The lowest BCUT2D eigenvalue weighted by molar-refractivity contribution is -0.139. The van der Waals surface area contributed by atoms with Gasteiger partial charge in [-0.1, -0.05) is 53.0 Å². The van der Waals surface area contributed by atoms with E-state index in [1.807, 2.05) is 6.92 Å². The molecule has 0 aliphatic carbocycles. The smallest absolute Gasteiger partial charge is 0.264 e. The van der Waals surface area contributed by atoms with Gasteiger partial charge in [-0.25, -0.2) is 12.8 Å². The van der Waals surface area contributed by atoms with Gasteiger partial charge in [-0.3, -0.25) is 13.9 Å². The van der Waals surface area contributed by atoms with Gasteiger partial charge in [0, 0.05) is 13.1 Å². The second-order valence-corrected chi connectivity index (χ2v) is 11.3. The molecule has 0 aliphatic heterocycles. The number of likely N-dealkylation sites (N-methyl/N-ethyl adjacent to an activating group) is 1. The van der Waals surface area contributed by atoms with Crippen LogP contribution in [0.4, 0.5) is 10.1 Å². The molecule has 0 saturated carbocycles. The van der Waals surface area contributed by atoms with Gasteiger partial charge < -0.3 is 10.2 Å². The fraction of sp³-hybridized carbons (Fsp3) is 0.259. The van der Waals surface area contributed by atoms with Crippen LogP contribution in [-0.4, -0.2) is 44.3 Å². The predicted molar refractivity (Wildman–Crippen MR) is 147 cm³/mol. The van der Waals surface area contributed by atoms with Crippen LogP contribution in [0.3, 0.4) is 0 Å². The fourth-order valence-corrected chi connectivity index (χ4v) is 5.40. The molecule has 0 fully saturated rings. The molecule has 1 atom stereocenters. The summed E-state index contributed by atoms with van der Waals surface area (Å²) in [6.07, 6.45) is 0. The van der Waals surface area contributed by atoms with Gasteiger partial charge in [-0.2, -0.15) is 0 Å². The van der Waals surface area contributed by atoms with Crippen molar-refractivity contribution in [3.63, 3.8) is 0 Å². The summed E-state index contributed by atoms with van der Waals surface area (Å²) >= 11 is 12.2. The van der Waals surface area contributed by atoms with Crippen molar-refractivity contribution in [2.24, 2.45) is 0 Å². The SMILES string of the molecule is CCNC(=O)[C@H](C)N(Cc1ccc(F)cc1)C(=O)CN(c1ccc(Cl)c(Cl)c1)S(=O)(=O)c1ccc(C)cc1. The first kappa shape index (κ1) is 29.4. The second-order valence-electron chi connectivity index (χ2n) is 8.64. The first-order valence-corrected chi connectivity index (χ1v) is 14.0. The number of benzene rings is 3. The molecule has 0 saturated heterocycles. The molecule has 11 heteroatoms. The van der Waals surface area contributed by atoms with Crippen molar-refractivity contribution in [3.05, 3.63) is 93.7 Å². The van der Waals surface area contributed by atoms with E-state index in [1.54, 1.807) is 26.0 Å². The van der Waals surface area contributed by atoms with Crippen LogP contribution in [0.5, 0.6) is 0 Å². The monoisotopic (exact) mass is 579 g/mol. The minimum atomic E-state index is -4.23. The van der Waals surface area contributed by atoms with Crippen molar-refractivity contribution >= 4 is 50.7 Å². The van der Waals surface area contributed by atoms with Crippen LogP contribution in [-0.2, 0) is 26.2 Å². The summed E-state index contributed by atoms with van der Waals surface area (Å²) in [6.45, 7) is 4.79. The van der Waals surface area contributed by atoms with Crippen LogP contribution in [0.1, 0.15) is 25.0 Å². The van der Waals surface area contributed by atoms with Crippen molar-refractivity contribution < 1.29 is 22.4 Å². The lowest BCUT2D eigenvalue weighted by atomic mass is 10.1. The number of nitrogens with one attached hydrogen (secondary N) is 1. The average molecular weight is 581 g/mol. The second kappa shape index (κ2) is 12.6. The molecule has 3 aromatic carbocycles. The van der Waals surface area contributed by atoms with E-state index in [9.17, 15) is 22.4 Å². The summed E-state index contributed by atoms with van der Waals surface area (Å²) in [6, 6.07) is 15.0. The van der Waals surface area contributed by atoms with Crippen LogP contribution in [0, 0.1) is 12.7 Å². The van der Waals surface area contributed by atoms with Crippen LogP contribution >= 0.6 is 23.2 Å². The molecule has 0 heterocycles. The largest absolute Gasteiger partial charge is 0.355 e. The lowest BCUT2D eigenvalue weighted by Crippen LogP contribution is -2.51. The van der Waals surface area contributed by atoms with E-state index in [1.165, 1.54) is 59.5 Å². The zero-order valence-corrected chi connectivity index (χ0v) is 23.4. The molecule has 2 amide bonds. The summed E-state index contributed by atoms with van der Waals surface area (Å²) in [5.74, 6) is -1.50. The molecule has 0 aromatic heterocycles. The van der Waals surface area contributed by atoms with Crippen LogP contribution in [0.15, 0.2) is 71.6 Å². The van der Waals surface area contributed by atoms with Gasteiger partial charge in [-0.15, -0.1) is 0 Å². The topological polar surface area (TPSA) is 86.8 Å². The molecule has 38 heavy (non-hydrogen) atoms. The number of carbonyl (C=O) groups is 2. The van der Waals surface area contributed by atoms with Crippen molar-refractivity contribution in [1.82, 2.24) is 10.2 Å². The van der Waals surface area contributed by atoms with Gasteiger partial charge in [0.15, 0.2) is 0 Å². The van der Waals surface area contributed by atoms with E-state index < -0.39 is 40.2 Å². The Morgan fingerprint density at radius 1 is 0.974 bits per heavy atom. The van der Waals surface area contributed by atoms with Crippen molar-refractivity contribution in [3.8, 4) is 0 Å². The normalized spacial score (nSPS) is 12.1. The Balaban J connectivity index is 2.05. The van der Waals surface area contributed by atoms with Gasteiger partial charge in [0.05, 0.1) is 20.6 Å². The molecule has 0 aliphatic rings. The van der Waals surface area contributed by atoms with Gasteiger partial charge in [0.25, 0.3) is 10.0 Å². The van der Waals surface area contributed by atoms with Gasteiger partial charge in [-0.05, 0) is 68.8 Å². The predicted octanol–water partition coefficient (Wildman–Crippen LogP) is 5.19. The van der Waals surface area contributed by atoms with E-state index in [0.29, 0.717) is 12.1 Å². The van der Waals surface area contributed by atoms with Crippen molar-refractivity contribution in [2.75, 3.05) is 17.4 Å². The molecule has 0 bridgehead atoms. The maximum atomic E-state index is 13.8. The highest BCUT2D eigenvalue weighted by Crippen LogP contribution is 2.31. The quantitative estimate of drug-likeness (QED) is 0.358. The molecule has 0 unspecified atom stereocenters. The molecular formula is C27H28Cl2FN3O4S. The highest BCUT2D eigenvalue weighted by molar-refractivity contribution is 7.92. The number of halogens is 3. The third-order valence-corrected chi connectivity index (χ3v) is 8.39. The Hall–Kier alpha value is -3.14. The number of anilines is 1. The number of carbonyl (C=O) groups excluding carboxylic acids is 2. The number of rotatable bonds is 10. The van der Waals surface area contributed by atoms with Gasteiger partial charge in [0.1, 0.15) is 18.4 Å².